The smallest absolute Gasteiger partial charge is 0.251 e. The summed E-state index contributed by atoms with van der Waals surface area (Å²) in [6.45, 7) is 5.30. The van der Waals surface area contributed by atoms with Gasteiger partial charge in [-0.25, -0.2) is 4.39 Å². The van der Waals surface area contributed by atoms with Crippen LogP contribution in [0.25, 0.3) is 16.5 Å². The summed E-state index contributed by atoms with van der Waals surface area (Å²) in [5, 5.41) is 11.6. The maximum atomic E-state index is 13.1. The Morgan fingerprint density at radius 2 is 1.69 bits per heavy atom. The van der Waals surface area contributed by atoms with Crippen molar-refractivity contribution in [1.29, 1.82) is 0 Å². The number of hydrogen-bond donors (Lipinski definition) is 2. The fourth-order valence-corrected chi connectivity index (χ4v) is 5.77. The zero-order chi connectivity index (χ0) is 29.1. The van der Waals surface area contributed by atoms with E-state index in [-0.39, 0.29) is 18.0 Å². The fraction of sp³-hybridized carbons (Fsp3) is 0.324. The van der Waals surface area contributed by atoms with Gasteiger partial charge in [-0.15, -0.1) is 0 Å². The molecule has 0 saturated carbocycles. The monoisotopic (exact) mass is 570 g/mol. The molecule has 2 aliphatic heterocycles. The SMILES string of the molecule is CCc1cc2cc(C(=C3CCN(CC(O)COc4ccc(F)cc4)CC3)c3ccc4c(c3)OCCO4)ccc2[nH]c1=O. The lowest BCUT2D eigenvalue weighted by Gasteiger charge is -2.31. The molecule has 2 aliphatic rings. The van der Waals surface area contributed by atoms with Crippen molar-refractivity contribution in [2.45, 2.75) is 32.3 Å². The summed E-state index contributed by atoms with van der Waals surface area (Å²) >= 11 is 0. The summed E-state index contributed by atoms with van der Waals surface area (Å²) in [5.74, 6) is 1.72. The molecule has 1 atom stereocenters. The minimum atomic E-state index is -0.659. The van der Waals surface area contributed by atoms with E-state index < -0.39 is 6.10 Å². The number of aryl methyl sites for hydroxylation is 1. The first kappa shape index (κ1) is 28.0. The number of fused-ring (bicyclic) bond motifs is 2. The average Bonchev–Trinajstić information content (AvgIpc) is 3.01. The van der Waals surface area contributed by atoms with Crippen molar-refractivity contribution >= 4 is 16.5 Å². The number of aromatic nitrogens is 1. The van der Waals surface area contributed by atoms with Crippen molar-refractivity contribution in [2.24, 2.45) is 0 Å². The molecule has 4 aromatic rings. The maximum absolute atomic E-state index is 13.1. The van der Waals surface area contributed by atoms with Crippen molar-refractivity contribution < 1.29 is 23.7 Å². The number of nitrogens with one attached hydrogen (secondary N) is 1. The van der Waals surface area contributed by atoms with Gasteiger partial charge in [0, 0.05) is 30.7 Å². The number of ether oxygens (including phenoxy) is 3. The number of aromatic amines is 1. The largest absolute Gasteiger partial charge is 0.491 e. The second-order valence-electron chi connectivity index (χ2n) is 10.8. The number of benzene rings is 3. The van der Waals surface area contributed by atoms with E-state index in [1.54, 1.807) is 12.1 Å². The molecule has 3 heterocycles. The van der Waals surface area contributed by atoms with Crippen molar-refractivity contribution in [1.82, 2.24) is 9.88 Å². The minimum Gasteiger partial charge on any atom is -0.491 e. The third-order valence-electron chi connectivity index (χ3n) is 7.96. The Balaban J connectivity index is 1.25. The van der Waals surface area contributed by atoms with Crippen LogP contribution in [0.5, 0.6) is 17.2 Å². The second-order valence-corrected chi connectivity index (χ2v) is 10.8. The maximum Gasteiger partial charge on any atom is 0.251 e. The van der Waals surface area contributed by atoms with Crippen LogP contribution in [0.4, 0.5) is 4.39 Å². The van der Waals surface area contributed by atoms with Crippen LogP contribution in [-0.4, -0.2) is 60.5 Å². The third-order valence-corrected chi connectivity index (χ3v) is 7.96. The Morgan fingerprint density at radius 1 is 0.976 bits per heavy atom. The van der Waals surface area contributed by atoms with E-state index in [2.05, 4.69) is 34.1 Å². The number of pyridine rings is 1. The van der Waals surface area contributed by atoms with Crippen LogP contribution >= 0.6 is 0 Å². The summed E-state index contributed by atoms with van der Waals surface area (Å²) in [6, 6.07) is 20.2. The highest BCUT2D eigenvalue weighted by molar-refractivity contribution is 5.89. The predicted octanol–water partition coefficient (Wildman–Crippen LogP) is 5.34. The van der Waals surface area contributed by atoms with Gasteiger partial charge in [-0.1, -0.05) is 24.6 Å². The van der Waals surface area contributed by atoms with Crippen LogP contribution in [-0.2, 0) is 6.42 Å². The molecule has 1 saturated heterocycles. The first-order valence-corrected chi connectivity index (χ1v) is 14.5. The van der Waals surface area contributed by atoms with Crippen LogP contribution in [0.1, 0.15) is 36.5 Å². The lowest BCUT2D eigenvalue weighted by Crippen LogP contribution is -2.39. The molecule has 2 N–H and O–H groups in total. The summed E-state index contributed by atoms with van der Waals surface area (Å²) < 4.78 is 30.5. The number of likely N-dealkylation sites (tertiary alicyclic amines) is 1. The number of rotatable bonds is 8. The normalized spacial score (nSPS) is 15.9. The Morgan fingerprint density at radius 3 is 2.45 bits per heavy atom. The van der Waals surface area contributed by atoms with Crippen LogP contribution in [0, 0.1) is 5.82 Å². The van der Waals surface area contributed by atoms with E-state index >= 15 is 0 Å². The molecule has 218 valence electrons. The minimum absolute atomic E-state index is 0.0409. The highest BCUT2D eigenvalue weighted by atomic mass is 19.1. The van der Waals surface area contributed by atoms with Gasteiger partial charge in [-0.05, 0) is 95.9 Å². The second kappa shape index (κ2) is 12.4. The number of halogens is 1. The molecule has 0 amide bonds. The molecule has 6 rings (SSSR count). The van der Waals surface area contributed by atoms with Gasteiger partial charge in [-0.3, -0.25) is 9.69 Å². The zero-order valence-corrected chi connectivity index (χ0v) is 23.7. The highest BCUT2D eigenvalue weighted by Crippen LogP contribution is 2.38. The fourth-order valence-electron chi connectivity index (χ4n) is 5.77. The van der Waals surface area contributed by atoms with Gasteiger partial charge < -0.3 is 24.3 Å². The Labute approximate surface area is 244 Å². The topological polar surface area (TPSA) is 84.0 Å². The predicted molar refractivity (Wildman–Crippen MR) is 161 cm³/mol. The van der Waals surface area contributed by atoms with Crippen molar-refractivity contribution in [3.05, 3.63) is 105 Å². The Bertz CT molecular complexity index is 1650. The number of aliphatic hydroxyl groups excluding tert-OH is 1. The van der Waals surface area contributed by atoms with Gasteiger partial charge in [0.25, 0.3) is 5.56 Å². The molecule has 7 nitrogen and oxygen atoms in total. The van der Waals surface area contributed by atoms with Crippen LogP contribution in [0.2, 0.25) is 0 Å². The van der Waals surface area contributed by atoms with E-state index in [1.807, 2.05) is 25.1 Å². The lowest BCUT2D eigenvalue weighted by atomic mass is 9.87. The number of H-pyrrole nitrogens is 1. The molecule has 0 radical (unpaired) electrons. The summed E-state index contributed by atoms with van der Waals surface area (Å²) in [5.41, 5.74) is 6.19. The number of piperidine rings is 1. The Kier molecular flexibility index (Phi) is 8.26. The van der Waals surface area contributed by atoms with E-state index in [0.29, 0.717) is 31.9 Å². The van der Waals surface area contributed by atoms with Gasteiger partial charge in [-0.2, -0.15) is 0 Å². The van der Waals surface area contributed by atoms with Gasteiger partial charge in [0.2, 0.25) is 0 Å². The molecular weight excluding hydrogens is 535 g/mol. The van der Waals surface area contributed by atoms with E-state index in [1.165, 1.54) is 17.7 Å². The van der Waals surface area contributed by atoms with Crippen molar-refractivity contribution in [2.75, 3.05) is 39.5 Å². The number of nitrogens with zero attached hydrogens (tertiary/aromatic N) is 1. The van der Waals surface area contributed by atoms with Crippen molar-refractivity contribution in [3.8, 4) is 17.2 Å². The van der Waals surface area contributed by atoms with Crippen LogP contribution < -0.4 is 19.8 Å². The molecule has 0 bridgehead atoms. The summed E-state index contributed by atoms with van der Waals surface area (Å²) in [6.07, 6.45) is 1.70. The molecule has 3 aromatic carbocycles. The highest BCUT2D eigenvalue weighted by Gasteiger charge is 2.23. The molecular formula is C34H35FN2O5. The van der Waals surface area contributed by atoms with E-state index in [4.69, 9.17) is 14.2 Å². The van der Waals surface area contributed by atoms with Crippen LogP contribution in [0.15, 0.2) is 77.1 Å². The van der Waals surface area contributed by atoms with Crippen molar-refractivity contribution in [3.63, 3.8) is 0 Å². The quantitative estimate of drug-likeness (QED) is 0.298. The molecule has 8 heteroatoms. The standard InChI is InChI=1S/C34H35FN2O5/c1-2-22-17-26-18-24(3-9-30(26)36-34(22)39)33(25-4-10-31-32(19-25)41-16-15-40-31)23-11-13-37(14-12-23)20-28(38)21-42-29-7-5-27(35)6-8-29/h3-10,17-19,28,38H,2,11-16,20-21H2,1H3,(H,36,39). The van der Waals surface area contributed by atoms with Gasteiger partial charge in [0.15, 0.2) is 11.5 Å². The average molecular weight is 571 g/mol. The van der Waals surface area contributed by atoms with Crippen LogP contribution in [0.3, 0.4) is 0 Å². The van der Waals surface area contributed by atoms with Gasteiger partial charge >= 0.3 is 0 Å². The molecule has 0 aliphatic carbocycles. The molecule has 1 unspecified atom stereocenters. The summed E-state index contributed by atoms with van der Waals surface area (Å²) in [7, 11) is 0. The van der Waals surface area contributed by atoms with E-state index in [9.17, 15) is 14.3 Å². The lowest BCUT2D eigenvalue weighted by molar-refractivity contribution is 0.0656. The molecule has 0 spiro atoms. The first-order chi connectivity index (χ1) is 20.5. The number of aliphatic hydroxyl groups is 1. The van der Waals surface area contributed by atoms with Gasteiger partial charge in [0.1, 0.15) is 37.5 Å². The van der Waals surface area contributed by atoms with Gasteiger partial charge in [0.05, 0.1) is 0 Å². The number of hydrogen-bond acceptors (Lipinski definition) is 6. The third kappa shape index (κ3) is 6.20. The zero-order valence-electron chi connectivity index (χ0n) is 23.7. The Hall–Kier alpha value is -4.14. The van der Waals surface area contributed by atoms with E-state index in [0.717, 1.165) is 70.6 Å². The number of β-amino-alcohol motifs (C(OH)–C–C–N with tert-alkyl or cyclic N) is 1. The molecule has 42 heavy (non-hydrogen) atoms. The molecule has 1 fully saturated rings. The molecule has 1 aromatic heterocycles. The summed E-state index contributed by atoms with van der Waals surface area (Å²) in [4.78, 5) is 17.7. The first-order valence-electron chi connectivity index (χ1n) is 14.5.